The molecule has 1 saturated heterocycles. The minimum absolute atomic E-state index is 0.612. The molecule has 94 valence electrons. The zero-order valence-electron chi connectivity index (χ0n) is 11.2. The van der Waals surface area contributed by atoms with Crippen LogP contribution < -0.4 is 10.6 Å². The van der Waals surface area contributed by atoms with Gasteiger partial charge >= 0.3 is 0 Å². The average molecular weight is 232 g/mol. The molecule has 1 aliphatic heterocycles. The van der Waals surface area contributed by atoms with Crippen molar-refractivity contribution in [3.63, 3.8) is 0 Å². The highest BCUT2D eigenvalue weighted by Gasteiger charge is 2.26. The Morgan fingerprint density at radius 3 is 2.76 bits per heavy atom. The van der Waals surface area contributed by atoms with E-state index in [-0.39, 0.29) is 0 Å². The number of nitrogens with two attached hydrogens (primary N) is 1. The number of benzene rings is 1. The maximum absolute atomic E-state index is 6.16. The third-order valence-corrected chi connectivity index (χ3v) is 4.11. The lowest BCUT2D eigenvalue weighted by molar-refractivity contribution is 0.359. The number of nitrogens with zero attached hydrogens (tertiary/aromatic N) is 1. The van der Waals surface area contributed by atoms with Gasteiger partial charge in [-0.1, -0.05) is 25.5 Å². The Bertz CT molecular complexity index is 366. The summed E-state index contributed by atoms with van der Waals surface area (Å²) in [7, 11) is 0. The van der Waals surface area contributed by atoms with Crippen LogP contribution in [0, 0.1) is 12.8 Å². The zero-order valence-corrected chi connectivity index (χ0v) is 11.2. The highest BCUT2D eigenvalue weighted by molar-refractivity contribution is 5.71. The standard InChI is InChI=1S/C15H24N2/c1-4-13-9-8-12(3)17(10-13)15-11(2)6-5-7-14(15)16/h5-7,12-13H,4,8-10,16H2,1-3H3. The first-order valence-electron chi connectivity index (χ1n) is 6.75. The number of para-hydroxylation sites is 1. The summed E-state index contributed by atoms with van der Waals surface area (Å²) in [6.07, 6.45) is 3.92. The van der Waals surface area contributed by atoms with E-state index < -0.39 is 0 Å². The molecule has 2 unspecified atom stereocenters. The van der Waals surface area contributed by atoms with Crippen LogP contribution in [-0.4, -0.2) is 12.6 Å². The van der Waals surface area contributed by atoms with Crippen LogP contribution >= 0.6 is 0 Å². The summed E-state index contributed by atoms with van der Waals surface area (Å²) in [5.41, 5.74) is 9.65. The first kappa shape index (κ1) is 12.3. The zero-order chi connectivity index (χ0) is 12.4. The Morgan fingerprint density at radius 1 is 1.35 bits per heavy atom. The fourth-order valence-electron chi connectivity index (χ4n) is 2.90. The summed E-state index contributed by atoms with van der Waals surface area (Å²) in [5, 5.41) is 0. The summed E-state index contributed by atoms with van der Waals surface area (Å²) >= 11 is 0. The normalized spacial score (nSPS) is 25.0. The van der Waals surface area contributed by atoms with E-state index in [2.05, 4.69) is 31.7 Å². The van der Waals surface area contributed by atoms with Gasteiger partial charge in [0, 0.05) is 12.6 Å². The SMILES string of the molecule is CCC1CCC(C)N(c2c(C)cccc2N)C1. The van der Waals surface area contributed by atoms with Crippen LogP contribution in [0.15, 0.2) is 18.2 Å². The van der Waals surface area contributed by atoms with Gasteiger partial charge in [-0.3, -0.25) is 0 Å². The summed E-state index contributed by atoms with van der Waals surface area (Å²) in [6, 6.07) is 6.83. The minimum Gasteiger partial charge on any atom is -0.397 e. The molecule has 0 aromatic heterocycles. The van der Waals surface area contributed by atoms with Gasteiger partial charge in [-0.15, -0.1) is 0 Å². The molecule has 2 nitrogen and oxygen atoms in total. The molecule has 1 aromatic carbocycles. The maximum atomic E-state index is 6.16. The molecule has 1 heterocycles. The molecule has 2 heteroatoms. The first-order chi connectivity index (χ1) is 8.13. The van der Waals surface area contributed by atoms with Gasteiger partial charge in [-0.05, 0) is 44.2 Å². The van der Waals surface area contributed by atoms with Gasteiger partial charge in [0.1, 0.15) is 0 Å². The predicted molar refractivity (Wildman–Crippen MR) is 75.4 cm³/mol. The van der Waals surface area contributed by atoms with Gasteiger partial charge in [0.15, 0.2) is 0 Å². The second-order valence-electron chi connectivity index (χ2n) is 5.37. The molecule has 0 spiro atoms. The quantitative estimate of drug-likeness (QED) is 0.790. The first-order valence-corrected chi connectivity index (χ1v) is 6.75. The van der Waals surface area contributed by atoms with E-state index in [4.69, 9.17) is 5.73 Å². The van der Waals surface area contributed by atoms with E-state index >= 15 is 0 Å². The van der Waals surface area contributed by atoms with Crippen LogP contribution in [0.25, 0.3) is 0 Å². The number of piperidine rings is 1. The Morgan fingerprint density at radius 2 is 2.12 bits per heavy atom. The van der Waals surface area contributed by atoms with E-state index in [1.807, 2.05) is 12.1 Å². The number of hydrogen-bond donors (Lipinski definition) is 1. The number of aryl methyl sites for hydroxylation is 1. The van der Waals surface area contributed by atoms with Crippen molar-refractivity contribution in [1.82, 2.24) is 0 Å². The fourth-order valence-corrected chi connectivity index (χ4v) is 2.90. The van der Waals surface area contributed by atoms with Crippen LogP contribution in [0.1, 0.15) is 38.7 Å². The third kappa shape index (κ3) is 2.41. The second-order valence-corrected chi connectivity index (χ2v) is 5.37. The molecule has 2 N–H and O–H groups in total. The van der Waals surface area contributed by atoms with Crippen LogP contribution in [0.2, 0.25) is 0 Å². The highest BCUT2D eigenvalue weighted by Crippen LogP contribution is 2.34. The molecule has 1 aliphatic rings. The second kappa shape index (κ2) is 4.99. The number of anilines is 2. The predicted octanol–water partition coefficient (Wildman–Crippen LogP) is 3.59. The summed E-state index contributed by atoms with van der Waals surface area (Å²) in [5.74, 6) is 0.824. The molecule has 2 rings (SSSR count). The van der Waals surface area contributed by atoms with Crippen LogP contribution in [0.5, 0.6) is 0 Å². The molecule has 0 radical (unpaired) electrons. The minimum atomic E-state index is 0.612. The van der Waals surface area contributed by atoms with Gasteiger partial charge < -0.3 is 10.6 Å². The van der Waals surface area contributed by atoms with Gasteiger partial charge in [-0.25, -0.2) is 0 Å². The molecule has 17 heavy (non-hydrogen) atoms. The molecule has 1 fully saturated rings. The van der Waals surface area contributed by atoms with Gasteiger partial charge in [-0.2, -0.15) is 0 Å². The van der Waals surface area contributed by atoms with E-state index in [1.54, 1.807) is 0 Å². The van der Waals surface area contributed by atoms with Crippen LogP contribution in [-0.2, 0) is 0 Å². The Balaban J connectivity index is 2.30. The molecular formula is C15H24N2. The van der Waals surface area contributed by atoms with Crippen molar-refractivity contribution in [1.29, 1.82) is 0 Å². The molecule has 0 amide bonds. The highest BCUT2D eigenvalue weighted by atomic mass is 15.2. The van der Waals surface area contributed by atoms with Crippen LogP contribution in [0.4, 0.5) is 11.4 Å². The summed E-state index contributed by atoms with van der Waals surface area (Å²) in [4.78, 5) is 2.52. The molecule has 0 saturated carbocycles. The topological polar surface area (TPSA) is 29.3 Å². The third-order valence-electron chi connectivity index (χ3n) is 4.11. The number of nitrogen functional groups attached to an aromatic ring is 1. The van der Waals surface area contributed by atoms with E-state index in [0.29, 0.717) is 6.04 Å². The van der Waals surface area contributed by atoms with E-state index in [0.717, 1.165) is 18.2 Å². The molecule has 0 aliphatic carbocycles. The smallest absolute Gasteiger partial charge is 0.0632 e. The average Bonchev–Trinajstić information content (AvgIpc) is 2.31. The monoisotopic (exact) mass is 232 g/mol. The lowest BCUT2D eigenvalue weighted by Crippen LogP contribution is -2.42. The Hall–Kier alpha value is -1.18. The lowest BCUT2D eigenvalue weighted by Gasteiger charge is -2.40. The van der Waals surface area contributed by atoms with Crippen LogP contribution in [0.3, 0.4) is 0 Å². The molecular weight excluding hydrogens is 208 g/mol. The number of rotatable bonds is 2. The Labute approximate surface area is 105 Å². The molecule has 1 aromatic rings. The van der Waals surface area contributed by atoms with Gasteiger partial charge in [0.05, 0.1) is 11.4 Å². The lowest BCUT2D eigenvalue weighted by atomic mass is 9.90. The summed E-state index contributed by atoms with van der Waals surface area (Å²) < 4.78 is 0. The summed E-state index contributed by atoms with van der Waals surface area (Å²) in [6.45, 7) is 7.93. The van der Waals surface area contributed by atoms with Crippen molar-refractivity contribution in [2.24, 2.45) is 5.92 Å². The largest absolute Gasteiger partial charge is 0.397 e. The molecule has 0 bridgehead atoms. The Kier molecular flexibility index (Phi) is 3.60. The fraction of sp³-hybridized carbons (Fsp3) is 0.600. The van der Waals surface area contributed by atoms with Crippen molar-refractivity contribution in [2.45, 2.75) is 46.1 Å². The van der Waals surface area contributed by atoms with Crippen molar-refractivity contribution < 1.29 is 0 Å². The number of hydrogen-bond acceptors (Lipinski definition) is 2. The van der Waals surface area contributed by atoms with Gasteiger partial charge in [0.2, 0.25) is 0 Å². The van der Waals surface area contributed by atoms with Crippen molar-refractivity contribution in [2.75, 3.05) is 17.2 Å². The van der Waals surface area contributed by atoms with E-state index in [1.165, 1.54) is 30.5 Å². The van der Waals surface area contributed by atoms with Crippen molar-refractivity contribution in [3.8, 4) is 0 Å². The van der Waals surface area contributed by atoms with E-state index in [9.17, 15) is 0 Å². The molecule has 2 atom stereocenters. The maximum Gasteiger partial charge on any atom is 0.0632 e. The van der Waals surface area contributed by atoms with Crippen molar-refractivity contribution >= 4 is 11.4 Å². The van der Waals surface area contributed by atoms with Crippen molar-refractivity contribution in [3.05, 3.63) is 23.8 Å². The van der Waals surface area contributed by atoms with Gasteiger partial charge in [0.25, 0.3) is 0 Å².